The molecule has 0 amide bonds. The molecule has 1 heterocycles. The van der Waals surface area contributed by atoms with Gasteiger partial charge in [-0.05, 0) is 0 Å². The van der Waals surface area contributed by atoms with Gasteiger partial charge in [-0.25, -0.2) is 0 Å². The average molecular weight is 116 g/mol. The minimum atomic E-state index is -0.0926. The van der Waals surface area contributed by atoms with Crippen molar-refractivity contribution in [3.8, 4) is 5.95 Å². The molecule has 1 N–H and O–H groups in total. The molecule has 0 atom stereocenters. The van der Waals surface area contributed by atoms with Crippen molar-refractivity contribution < 1.29 is 9.52 Å². The Labute approximate surface area is 46.2 Å². The minimum Gasteiger partial charge on any atom is -0.481 e. The Morgan fingerprint density at radius 2 is 2.43 bits per heavy atom. The number of hydrogen-bond acceptors (Lipinski definition) is 3. The maximum absolute atomic E-state index is 8.44. The summed E-state index contributed by atoms with van der Waals surface area (Å²) >= 11 is 3.85. The van der Waals surface area contributed by atoms with Crippen LogP contribution in [-0.2, 0) is 0 Å². The number of thiol groups is 1. The van der Waals surface area contributed by atoms with Crippen molar-refractivity contribution >= 4 is 12.6 Å². The molecule has 0 radical (unpaired) electrons. The molecule has 1 aromatic heterocycles. The van der Waals surface area contributed by atoms with E-state index in [4.69, 9.17) is 5.11 Å². The van der Waals surface area contributed by atoms with Crippen LogP contribution >= 0.6 is 12.6 Å². The van der Waals surface area contributed by atoms with Gasteiger partial charge in [0.25, 0.3) is 5.95 Å². The van der Waals surface area contributed by atoms with Crippen molar-refractivity contribution in [3.05, 3.63) is 12.3 Å². The van der Waals surface area contributed by atoms with Crippen LogP contribution in [0.2, 0.25) is 0 Å². The predicted molar refractivity (Wildman–Crippen MR) is 27.6 cm³/mol. The summed E-state index contributed by atoms with van der Waals surface area (Å²) in [5.74, 6) is -0.0926. The first-order valence-electron chi connectivity index (χ1n) is 1.75. The molecule has 1 aromatic rings. The fourth-order valence-corrected chi connectivity index (χ4v) is 0.478. The summed E-state index contributed by atoms with van der Waals surface area (Å²) in [4.78, 5) is 0.637. The van der Waals surface area contributed by atoms with Gasteiger partial charge in [0.15, 0.2) is 0 Å². The van der Waals surface area contributed by atoms with Gasteiger partial charge in [-0.2, -0.15) is 0 Å². The van der Waals surface area contributed by atoms with E-state index in [0.717, 1.165) is 0 Å². The Morgan fingerprint density at radius 3 is 2.57 bits per heavy atom. The number of rotatable bonds is 0. The Hall–Kier alpha value is -0.570. The van der Waals surface area contributed by atoms with E-state index >= 15 is 0 Å². The lowest BCUT2D eigenvalue weighted by Gasteiger charge is -1.69. The average Bonchev–Trinajstić information content (AvgIpc) is 1.87. The highest BCUT2D eigenvalue weighted by Crippen LogP contribution is 2.15. The Bertz CT molecular complexity index is 142. The van der Waals surface area contributed by atoms with E-state index in [0.29, 0.717) is 4.90 Å². The first-order chi connectivity index (χ1) is 3.29. The molecule has 38 valence electrons. The summed E-state index contributed by atoms with van der Waals surface area (Å²) in [6, 6.07) is 1.42. The number of aromatic hydroxyl groups is 1. The second-order valence-corrected chi connectivity index (χ2v) is 1.66. The second-order valence-electron chi connectivity index (χ2n) is 1.14. The summed E-state index contributed by atoms with van der Waals surface area (Å²) in [5.41, 5.74) is 0. The molecule has 1 rings (SSSR count). The predicted octanol–water partition coefficient (Wildman–Crippen LogP) is 1.27. The lowest BCUT2D eigenvalue weighted by atomic mass is 10.6. The third kappa shape index (κ3) is 0.899. The van der Waals surface area contributed by atoms with Gasteiger partial charge in [-0.15, -0.1) is 12.6 Å². The summed E-state index contributed by atoms with van der Waals surface area (Å²) in [6.07, 6.45) is 1.36. The summed E-state index contributed by atoms with van der Waals surface area (Å²) in [7, 11) is 0. The SMILES string of the molecule is Oc1cc(S)co1. The Balaban J connectivity index is 3.04. The summed E-state index contributed by atoms with van der Waals surface area (Å²) in [6.45, 7) is 0. The summed E-state index contributed by atoms with van der Waals surface area (Å²) < 4.78 is 4.44. The molecule has 0 saturated carbocycles. The van der Waals surface area contributed by atoms with Gasteiger partial charge in [0, 0.05) is 11.0 Å². The molecular weight excluding hydrogens is 112 g/mol. The molecule has 0 aliphatic heterocycles. The fourth-order valence-electron chi connectivity index (χ4n) is 0.315. The van der Waals surface area contributed by atoms with E-state index < -0.39 is 0 Å². The lowest BCUT2D eigenvalue weighted by molar-refractivity contribution is 0.332. The molecule has 0 saturated heterocycles. The van der Waals surface area contributed by atoms with E-state index in [9.17, 15) is 0 Å². The third-order valence-electron chi connectivity index (χ3n) is 0.572. The van der Waals surface area contributed by atoms with Crippen molar-refractivity contribution in [2.45, 2.75) is 4.90 Å². The van der Waals surface area contributed by atoms with Gasteiger partial charge in [0.05, 0.1) is 0 Å². The molecule has 0 aliphatic carbocycles. The first-order valence-corrected chi connectivity index (χ1v) is 2.20. The van der Waals surface area contributed by atoms with Crippen LogP contribution in [0.15, 0.2) is 21.6 Å². The lowest BCUT2D eigenvalue weighted by Crippen LogP contribution is -1.43. The van der Waals surface area contributed by atoms with Crippen molar-refractivity contribution in [1.82, 2.24) is 0 Å². The second kappa shape index (κ2) is 1.50. The highest BCUT2D eigenvalue weighted by Gasteiger charge is 1.89. The largest absolute Gasteiger partial charge is 0.481 e. The van der Waals surface area contributed by atoms with Gasteiger partial charge < -0.3 is 9.52 Å². The first kappa shape index (κ1) is 4.59. The molecular formula is C4H4O2S. The van der Waals surface area contributed by atoms with E-state index in [1.54, 1.807) is 0 Å². The van der Waals surface area contributed by atoms with E-state index in [1.165, 1.54) is 12.3 Å². The third-order valence-corrected chi connectivity index (χ3v) is 0.806. The molecule has 7 heavy (non-hydrogen) atoms. The highest BCUT2D eigenvalue weighted by atomic mass is 32.1. The molecule has 3 heteroatoms. The maximum Gasteiger partial charge on any atom is 0.282 e. The zero-order chi connectivity index (χ0) is 5.28. The van der Waals surface area contributed by atoms with Crippen LogP contribution in [0.5, 0.6) is 5.95 Å². The molecule has 0 fully saturated rings. The quantitative estimate of drug-likeness (QED) is 0.500. The van der Waals surface area contributed by atoms with Crippen molar-refractivity contribution in [3.63, 3.8) is 0 Å². The fraction of sp³-hybridized carbons (Fsp3) is 0. The topological polar surface area (TPSA) is 33.4 Å². The molecule has 0 unspecified atom stereocenters. The zero-order valence-electron chi connectivity index (χ0n) is 3.46. The number of hydrogen-bond donors (Lipinski definition) is 2. The minimum absolute atomic E-state index is 0.0926. The molecule has 2 nitrogen and oxygen atoms in total. The monoisotopic (exact) mass is 116 g/mol. The Morgan fingerprint density at radius 1 is 1.71 bits per heavy atom. The van der Waals surface area contributed by atoms with Crippen LogP contribution in [-0.4, -0.2) is 5.11 Å². The maximum atomic E-state index is 8.44. The highest BCUT2D eigenvalue weighted by molar-refractivity contribution is 7.80. The van der Waals surface area contributed by atoms with Crippen LogP contribution in [0.1, 0.15) is 0 Å². The van der Waals surface area contributed by atoms with Gasteiger partial charge >= 0.3 is 0 Å². The van der Waals surface area contributed by atoms with Gasteiger partial charge in [0.2, 0.25) is 0 Å². The molecule has 0 spiro atoms. The van der Waals surface area contributed by atoms with Crippen LogP contribution in [0.3, 0.4) is 0 Å². The summed E-state index contributed by atoms with van der Waals surface area (Å²) in [5, 5.41) is 8.44. The Kier molecular flexibility index (Phi) is 0.982. The van der Waals surface area contributed by atoms with E-state index in [2.05, 4.69) is 17.0 Å². The van der Waals surface area contributed by atoms with Crippen LogP contribution in [0.4, 0.5) is 0 Å². The van der Waals surface area contributed by atoms with Crippen molar-refractivity contribution in [2.75, 3.05) is 0 Å². The molecule has 0 bridgehead atoms. The van der Waals surface area contributed by atoms with Gasteiger partial charge in [0.1, 0.15) is 6.26 Å². The normalized spacial score (nSPS) is 9.29. The van der Waals surface area contributed by atoms with E-state index in [-0.39, 0.29) is 5.95 Å². The zero-order valence-corrected chi connectivity index (χ0v) is 4.35. The standard InChI is InChI=1S/C4H4O2S/c5-4-1-3(7)2-6-4/h1-2,5,7H. The van der Waals surface area contributed by atoms with Crippen molar-refractivity contribution in [2.24, 2.45) is 0 Å². The number of furan rings is 1. The molecule has 0 aromatic carbocycles. The van der Waals surface area contributed by atoms with Gasteiger partial charge in [-0.1, -0.05) is 0 Å². The van der Waals surface area contributed by atoms with Gasteiger partial charge in [-0.3, -0.25) is 0 Å². The smallest absolute Gasteiger partial charge is 0.282 e. The molecule has 0 aliphatic rings. The van der Waals surface area contributed by atoms with Crippen LogP contribution in [0, 0.1) is 0 Å². The van der Waals surface area contributed by atoms with Crippen LogP contribution < -0.4 is 0 Å². The van der Waals surface area contributed by atoms with Crippen molar-refractivity contribution in [1.29, 1.82) is 0 Å². The van der Waals surface area contributed by atoms with E-state index in [1.807, 2.05) is 0 Å². The van der Waals surface area contributed by atoms with Crippen LogP contribution in [0.25, 0.3) is 0 Å².